The van der Waals surface area contributed by atoms with Gasteiger partial charge in [0.1, 0.15) is 0 Å². The Balaban J connectivity index is 1.96. The van der Waals surface area contributed by atoms with Crippen molar-refractivity contribution in [3.63, 3.8) is 0 Å². The van der Waals surface area contributed by atoms with Crippen LogP contribution in [0, 0.1) is 0 Å². The Morgan fingerprint density at radius 2 is 2.26 bits per heavy atom. The first-order valence-electron chi connectivity index (χ1n) is 6.43. The molecule has 2 rings (SSSR count). The van der Waals surface area contributed by atoms with Crippen LogP contribution < -0.4 is 5.32 Å². The maximum absolute atomic E-state index is 6.02. The highest BCUT2D eigenvalue weighted by Crippen LogP contribution is 2.27. The molecule has 4 heteroatoms. The number of thiophene rings is 1. The van der Waals surface area contributed by atoms with Gasteiger partial charge in [-0.05, 0) is 53.6 Å². The van der Waals surface area contributed by atoms with Gasteiger partial charge in [0.05, 0.1) is 0 Å². The Kier molecular flexibility index (Phi) is 6.24. The summed E-state index contributed by atoms with van der Waals surface area (Å²) in [5.74, 6) is 1.02. The summed E-state index contributed by atoms with van der Waals surface area (Å²) in [7, 11) is 0. The van der Waals surface area contributed by atoms with Gasteiger partial charge in [-0.15, -0.1) is 11.8 Å². The van der Waals surface area contributed by atoms with Gasteiger partial charge in [0.15, 0.2) is 0 Å². The van der Waals surface area contributed by atoms with Crippen molar-refractivity contribution in [1.29, 1.82) is 0 Å². The molecule has 1 aromatic heterocycles. The van der Waals surface area contributed by atoms with Crippen LogP contribution >= 0.6 is 34.7 Å². The molecule has 1 unspecified atom stereocenters. The first kappa shape index (κ1) is 14.9. The molecule has 0 saturated heterocycles. The van der Waals surface area contributed by atoms with Gasteiger partial charge < -0.3 is 5.32 Å². The van der Waals surface area contributed by atoms with E-state index in [1.807, 2.05) is 30.0 Å². The summed E-state index contributed by atoms with van der Waals surface area (Å²) in [6.07, 6.45) is 1.16. The fourth-order valence-electron chi connectivity index (χ4n) is 1.80. The molecule has 0 saturated carbocycles. The minimum Gasteiger partial charge on any atom is -0.309 e. The van der Waals surface area contributed by atoms with E-state index >= 15 is 0 Å². The third-order valence-electron chi connectivity index (χ3n) is 2.80. The van der Waals surface area contributed by atoms with Crippen molar-refractivity contribution >= 4 is 34.7 Å². The number of hydrogen-bond donors (Lipinski definition) is 1. The summed E-state index contributed by atoms with van der Waals surface area (Å²) >= 11 is 9.62. The molecule has 1 nitrogen and oxygen atoms in total. The minimum atomic E-state index is 0.412. The normalized spacial score (nSPS) is 12.5. The molecule has 0 radical (unpaired) electrons. The molecule has 0 aliphatic heterocycles. The molecule has 0 fully saturated rings. The molecular formula is C15H18ClNS2. The second kappa shape index (κ2) is 7.95. The van der Waals surface area contributed by atoms with Crippen molar-refractivity contribution in [2.24, 2.45) is 0 Å². The topological polar surface area (TPSA) is 12.0 Å². The molecule has 0 bridgehead atoms. The van der Waals surface area contributed by atoms with Crippen LogP contribution in [0.4, 0.5) is 0 Å². The molecule has 0 aliphatic carbocycles. The molecule has 0 aliphatic rings. The number of halogens is 1. The maximum atomic E-state index is 6.02. The van der Waals surface area contributed by atoms with E-state index in [-0.39, 0.29) is 0 Å². The summed E-state index contributed by atoms with van der Waals surface area (Å²) < 4.78 is 0. The van der Waals surface area contributed by atoms with Gasteiger partial charge in [0.25, 0.3) is 0 Å². The lowest BCUT2D eigenvalue weighted by atomic mass is 10.2. The Bertz CT molecular complexity index is 485. The molecule has 0 spiro atoms. The van der Waals surface area contributed by atoms with Crippen molar-refractivity contribution in [3.8, 4) is 0 Å². The van der Waals surface area contributed by atoms with E-state index in [0.29, 0.717) is 6.04 Å². The Morgan fingerprint density at radius 1 is 1.37 bits per heavy atom. The second-order valence-corrected chi connectivity index (χ2v) is 6.64. The van der Waals surface area contributed by atoms with Crippen LogP contribution in [0.1, 0.15) is 24.9 Å². The summed E-state index contributed by atoms with van der Waals surface area (Å²) in [6.45, 7) is 3.25. The van der Waals surface area contributed by atoms with E-state index in [0.717, 1.165) is 23.7 Å². The lowest BCUT2D eigenvalue weighted by Gasteiger charge is -2.17. The Morgan fingerprint density at radius 3 is 2.95 bits per heavy atom. The minimum absolute atomic E-state index is 0.412. The number of thioether (sulfide) groups is 1. The second-order valence-electron chi connectivity index (χ2n) is 4.33. The van der Waals surface area contributed by atoms with E-state index < -0.39 is 0 Å². The lowest BCUT2D eigenvalue weighted by Crippen LogP contribution is -2.23. The Labute approximate surface area is 128 Å². The van der Waals surface area contributed by atoms with Crippen molar-refractivity contribution in [2.45, 2.75) is 24.3 Å². The molecule has 1 heterocycles. The third kappa shape index (κ3) is 4.84. The standard InChI is InChI=1S/C15H18ClNS2/c1-2-7-17-15(12-6-8-18-10-12)11-19-14-5-3-4-13(16)9-14/h3-6,8-10,15,17H,2,7,11H2,1H3. The van der Waals surface area contributed by atoms with Crippen LogP contribution in [0.25, 0.3) is 0 Å². The zero-order chi connectivity index (χ0) is 13.5. The van der Waals surface area contributed by atoms with Crippen LogP contribution in [0.2, 0.25) is 5.02 Å². The van der Waals surface area contributed by atoms with E-state index in [9.17, 15) is 0 Å². The summed E-state index contributed by atoms with van der Waals surface area (Å²) in [5.41, 5.74) is 1.38. The molecule has 0 amide bonds. The number of hydrogen-bond acceptors (Lipinski definition) is 3. The average molecular weight is 312 g/mol. The molecule has 1 aromatic carbocycles. The van der Waals surface area contributed by atoms with Crippen molar-refractivity contribution in [2.75, 3.05) is 12.3 Å². The van der Waals surface area contributed by atoms with Gasteiger partial charge >= 0.3 is 0 Å². The van der Waals surface area contributed by atoms with E-state index in [1.165, 1.54) is 10.5 Å². The highest BCUT2D eigenvalue weighted by molar-refractivity contribution is 7.99. The van der Waals surface area contributed by atoms with E-state index in [1.54, 1.807) is 11.3 Å². The predicted octanol–water partition coefficient (Wildman–Crippen LogP) is 5.23. The van der Waals surface area contributed by atoms with Crippen LogP contribution in [0.15, 0.2) is 46.0 Å². The fraction of sp³-hybridized carbons (Fsp3) is 0.333. The van der Waals surface area contributed by atoms with Crippen molar-refractivity contribution in [3.05, 3.63) is 51.7 Å². The summed E-state index contributed by atoms with van der Waals surface area (Å²) in [4.78, 5) is 1.23. The van der Waals surface area contributed by atoms with Crippen LogP contribution in [0.5, 0.6) is 0 Å². The van der Waals surface area contributed by atoms with E-state index in [2.05, 4.69) is 35.1 Å². The lowest BCUT2D eigenvalue weighted by molar-refractivity contribution is 0.579. The molecule has 102 valence electrons. The van der Waals surface area contributed by atoms with Gasteiger partial charge in [0, 0.05) is 21.7 Å². The van der Waals surface area contributed by atoms with Crippen molar-refractivity contribution < 1.29 is 0 Å². The highest BCUT2D eigenvalue weighted by atomic mass is 35.5. The smallest absolute Gasteiger partial charge is 0.0423 e. The Hall–Kier alpha value is -0.480. The molecule has 1 N–H and O–H groups in total. The first-order chi connectivity index (χ1) is 9.29. The van der Waals surface area contributed by atoms with Crippen LogP contribution in [-0.4, -0.2) is 12.3 Å². The zero-order valence-electron chi connectivity index (χ0n) is 10.9. The quantitative estimate of drug-likeness (QED) is 0.702. The number of nitrogens with one attached hydrogen (secondary N) is 1. The van der Waals surface area contributed by atoms with Crippen molar-refractivity contribution in [1.82, 2.24) is 5.32 Å². The molecule has 19 heavy (non-hydrogen) atoms. The van der Waals surface area contributed by atoms with Crippen LogP contribution in [0.3, 0.4) is 0 Å². The number of rotatable bonds is 7. The van der Waals surface area contributed by atoms with Gasteiger partial charge in [-0.25, -0.2) is 0 Å². The highest BCUT2D eigenvalue weighted by Gasteiger charge is 2.11. The molecule has 2 aromatic rings. The third-order valence-corrected chi connectivity index (χ3v) is 4.82. The number of benzene rings is 1. The monoisotopic (exact) mass is 311 g/mol. The summed E-state index contributed by atoms with van der Waals surface area (Å²) in [5, 5.41) is 8.78. The average Bonchev–Trinajstić information content (AvgIpc) is 2.93. The van der Waals surface area contributed by atoms with Gasteiger partial charge in [-0.3, -0.25) is 0 Å². The molecular weight excluding hydrogens is 294 g/mol. The fourth-order valence-corrected chi connectivity index (χ4v) is 3.82. The van der Waals surface area contributed by atoms with Crippen LogP contribution in [-0.2, 0) is 0 Å². The first-order valence-corrected chi connectivity index (χ1v) is 8.74. The largest absolute Gasteiger partial charge is 0.309 e. The van der Waals surface area contributed by atoms with Gasteiger partial charge in [-0.2, -0.15) is 11.3 Å². The van der Waals surface area contributed by atoms with E-state index in [4.69, 9.17) is 11.6 Å². The summed E-state index contributed by atoms with van der Waals surface area (Å²) in [6, 6.07) is 10.7. The molecule has 1 atom stereocenters. The zero-order valence-corrected chi connectivity index (χ0v) is 13.3. The SMILES string of the molecule is CCCNC(CSc1cccc(Cl)c1)c1ccsc1. The maximum Gasteiger partial charge on any atom is 0.0423 e. The van der Waals surface area contributed by atoms with Gasteiger partial charge in [-0.1, -0.05) is 24.6 Å². The van der Waals surface area contributed by atoms with Gasteiger partial charge in [0.2, 0.25) is 0 Å². The predicted molar refractivity (Wildman–Crippen MR) is 87.5 cm³/mol.